The Bertz CT molecular complexity index is 501. The lowest BCUT2D eigenvalue weighted by atomic mass is 10.2. The molecule has 0 saturated carbocycles. The Morgan fingerprint density at radius 3 is 2.81 bits per heavy atom. The third-order valence-corrected chi connectivity index (χ3v) is 1.88. The van der Waals surface area contributed by atoms with Gasteiger partial charge in [-0.1, -0.05) is 11.6 Å². The molecule has 6 heteroatoms. The maximum Gasteiger partial charge on any atom is 0.384 e. The number of nitrogens with zero attached hydrogens (tertiary/aromatic N) is 1. The molecule has 0 aliphatic heterocycles. The lowest BCUT2D eigenvalue weighted by molar-refractivity contribution is -0.385. The molecule has 0 atom stereocenters. The Kier molecular flexibility index (Phi) is 3.86. The van der Waals surface area contributed by atoms with E-state index in [1.54, 1.807) is 0 Å². The van der Waals surface area contributed by atoms with Crippen LogP contribution < -0.4 is 0 Å². The predicted molar refractivity (Wildman–Crippen MR) is 57.0 cm³/mol. The van der Waals surface area contributed by atoms with Crippen molar-refractivity contribution in [1.82, 2.24) is 0 Å². The minimum Gasteiger partial charge on any atom is -0.459 e. The number of nitro groups is 1. The first-order valence-electron chi connectivity index (χ1n) is 4.08. The fourth-order valence-corrected chi connectivity index (χ4v) is 1.11. The maximum atomic E-state index is 10.8. The molecule has 1 aromatic carbocycles. The number of carbonyl (C=O) groups is 1. The number of rotatable bonds is 1. The van der Waals surface area contributed by atoms with E-state index in [4.69, 9.17) is 11.6 Å². The van der Waals surface area contributed by atoms with E-state index in [0.29, 0.717) is 5.02 Å². The number of carbonyl (C=O) groups excluding carboxylic acids is 1. The molecule has 1 aromatic rings. The van der Waals surface area contributed by atoms with Crippen LogP contribution in [0.4, 0.5) is 5.69 Å². The second kappa shape index (κ2) is 5.14. The van der Waals surface area contributed by atoms with E-state index in [1.807, 2.05) is 0 Å². The third-order valence-electron chi connectivity index (χ3n) is 1.64. The van der Waals surface area contributed by atoms with E-state index < -0.39 is 10.9 Å². The molecule has 0 radical (unpaired) electrons. The Balaban J connectivity index is 3.19. The predicted octanol–water partition coefficient (Wildman–Crippen LogP) is 1.77. The van der Waals surface area contributed by atoms with Gasteiger partial charge in [0.2, 0.25) is 0 Å². The third kappa shape index (κ3) is 2.97. The summed E-state index contributed by atoms with van der Waals surface area (Å²) < 4.78 is 4.29. The van der Waals surface area contributed by atoms with Crippen molar-refractivity contribution in [1.29, 1.82) is 0 Å². The Morgan fingerprint density at radius 1 is 1.56 bits per heavy atom. The van der Waals surface area contributed by atoms with Crippen molar-refractivity contribution in [2.24, 2.45) is 0 Å². The fraction of sp³-hybridized carbons (Fsp3) is 0.100. The van der Waals surface area contributed by atoms with Crippen LogP contribution in [-0.2, 0) is 9.53 Å². The molecule has 0 saturated heterocycles. The number of esters is 1. The van der Waals surface area contributed by atoms with Gasteiger partial charge in [-0.15, -0.1) is 0 Å². The molecule has 0 unspecified atom stereocenters. The van der Waals surface area contributed by atoms with Crippen molar-refractivity contribution in [3.05, 3.63) is 38.9 Å². The van der Waals surface area contributed by atoms with E-state index in [-0.39, 0.29) is 11.3 Å². The number of hydrogen-bond donors (Lipinski definition) is 0. The maximum absolute atomic E-state index is 10.8. The number of benzene rings is 1. The average molecular weight is 240 g/mol. The summed E-state index contributed by atoms with van der Waals surface area (Å²) in [6.45, 7) is 0. The number of ether oxygens (including phenoxy) is 1. The van der Waals surface area contributed by atoms with Gasteiger partial charge in [0.05, 0.1) is 12.0 Å². The van der Waals surface area contributed by atoms with Gasteiger partial charge in [-0.25, -0.2) is 4.79 Å². The second-order valence-corrected chi connectivity index (χ2v) is 3.10. The van der Waals surface area contributed by atoms with Crippen LogP contribution in [-0.4, -0.2) is 18.0 Å². The largest absolute Gasteiger partial charge is 0.459 e. The molecule has 0 aliphatic rings. The SMILES string of the molecule is COC(=O)C#Cc1cc(Cl)ccc1[N+](=O)[O-]. The minimum atomic E-state index is -0.769. The standard InChI is InChI=1S/C10H6ClNO4/c1-16-10(13)5-2-7-6-8(11)3-4-9(7)12(14)15/h3-4,6H,1H3. The first-order chi connectivity index (χ1) is 7.54. The normalized spacial score (nSPS) is 8.88. The highest BCUT2D eigenvalue weighted by Gasteiger charge is 2.11. The molecule has 16 heavy (non-hydrogen) atoms. The number of halogens is 1. The minimum absolute atomic E-state index is 0.0721. The molecule has 0 aliphatic carbocycles. The van der Waals surface area contributed by atoms with Crippen LogP contribution in [0.5, 0.6) is 0 Å². The Morgan fingerprint density at radius 2 is 2.25 bits per heavy atom. The first kappa shape index (κ1) is 12.0. The fourth-order valence-electron chi connectivity index (χ4n) is 0.937. The van der Waals surface area contributed by atoms with Crippen LogP contribution in [0.15, 0.2) is 18.2 Å². The van der Waals surface area contributed by atoms with E-state index in [0.717, 1.165) is 0 Å². The smallest absolute Gasteiger partial charge is 0.384 e. The second-order valence-electron chi connectivity index (χ2n) is 2.66. The summed E-state index contributed by atoms with van der Waals surface area (Å²) in [5, 5.41) is 10.9. The summed E-state index contributed by atoms with van der Waals surface area (Å²) in [5.41, 5.74) is -0.135. The van der Waals surface area contributed by atoms with E-state index >= 15 is 0 Å². The summed E-state index contributed by atoms with van der Waals surface area (Å²) in [6.07, 6.45) is 0. The summed E-state index contributed by atoms with van der Waals surface area (Å²) >= 11 is 5.66. The zero-order chi connectivity index (χ0) is 12.1. The molecular weight excluding hydrogens is 234 g/mol. The van der Waals surface area contributed by atoms with Gasteiger partial charge in [0.15, 0.2) is 0 Å². The molecule has 0 bridgehead atoms. The summed E-state index contributed by atoms with van der Waals surface area (Å²) in [5.74, 6) is 3.66. The first-order valence-corrected chi connectivity index (χ1v) is 4.46. The van der Waals surface area contributed by atoms with Gasteiger partial charge in [-0.3, -0.25) is 10.1 Å². The molecule has 0 fully saturated rings. The topological polar surface area (TPSA) is 69.4 Å². The Hall–Kier alpha value is -2.06. The highest BCUT2D eigenvalue weighted by molar-refractivity contribution is 6.30. The van der Waals surface area contributed by atoms with Gasteiger partial charge in [0, 0.05) is 17.0 Å². The van der Waals surface area contributed by atoms with E-state index in [2.05, 4.69) is 16.6 Å². The monoisotopic (exact) mass is 239 g/mol. The molecule has 1 rings (SSSR count). The molecule has 5 nitrogen and oxygen atoms in total. The molecule has 0 spiro atoms. The summed E-state index contributed by atoms with van der Waals surface area (Å²) in [4.78, 5) is 20.8. The van der Waals surface area contributed by atoms with Crippen molar-refractivity contribution in [2.45, 2.75) is 0 Å². The molecule has 82 valence electrons. The molecule has 0 aromatic heterocycles. The van der Waals surface area contributed by atoms with Gasteiger partial charge in [-0.05, 0) is 18.1 Å². The summed E-state index contributed by atoms with van der Waals surface area (Å²) in [6, 6.07) is 3.92. The summed E-state index contributed by atoms with van der Waals surface area (Å²) in [7, 11) is 1.17. The molecule has 0 N–H and O–H groups in total. The molecule has 0 heterocycles. The lowest BCUT2D eigenvalue weighted by Crippen LogP contribution is -1.96. The van der Waals surface area contributed by atoms with Crippen LogP contribution in [0.25, 0.3) is 0 Å². The molecule has 0 amide bonds. The van der Waals surface area contributed by atoms with Crippen molar-refractivity contribution in [3.8, 4) is 11.8 Å². The highest BCUT2D eigenvalue weighted by Crippen LogP contribution is 2.21. The number of nitro benzene ring substituents is 1. The van der Waals surface area contributed by atoms with Crippen molar-refractivity contribution in [3.63, 3.8) is 0 Å². The highest BCUT2D eigenvalue weighted by atomic mass is 35.5. The number of hydrogen-bond acceptors (Lipinski definition) is 4. The van der Waals surface area contributed by atoms with Gasteiger partial charge in [-0.2, -0.15) is 0 Å². The average Bonchev–Trinajstić information content (AvgIpc) is 2.25. The van der Waals surface area contributed by atoms with Gasteiger partial charge in [0.1, 0.15) is 5.56 Å². The van der Waals surface area contributed by atoms with Crippen LogP contribution in [0.2, 0.25) is 5.02 Å². The van der Waals surface area contributed by atoms with Crippen molar-refractivity contribution < 1.29 is 14.5 Å². The van der Waals surface area contributed by atoms with Crippen LogP contribution in [0.3, 0.4) is 0 Å². The van der Waals surface area contributed by atoms with Crippen LogP contribution in [0.1, 0.15) is 5.56 Å². The van der Waals surface area contributed by atoms with Crippen LogP contribution >= 0.6 is 11.6 Å². The molecular formula is C10H6ClNO4. The number of methoxy groups -OCH3 is 1. The van der Waals surface area contributed by atoms with Crippen molar-refractivity contribution >= 4 is 23.3 Å². The lowest BCUT2D eigenvalue weighted by Gasteiger charge is -1.95. The van der Waals surface area contributed by atoms with Crippen molar-refractivity contribution in [2.75, 3.05) is 7.11 Å². The van der Waals surface area contributed by atoms with Crippen LogP contribution in [0, 0.1) is 22.0 Å². The van der Waals surface area contributed by atoms with Gasteiger partial charge in [0.25, 0.3) is 5.69 Å². The quantitative estimate of drug-likeness (QED) is 0.324. The van der Waals surface area contributed by atoms with E-state index in [9.17, 15) is 14.9 Å². The van der Waals surface area contributed by atoms with Gasteiger partial charge >= 0.3 is 5.97 Å². The van der Waals surface area contributed by atoms with Gasteiger partial charge < -0.3 is 4.74 Å². The van der Waals surface area contributed by atoms with E-state index in [1.165, 1.54) is 25.3 Å². The Labute approximate surface area is 96.1 Å². The zero-order valence-corrected chi connectivity index (χ0v) is 8.95. The zero-order valence-electron chi connectivity index (χ0n) is 8.19.